The van der Waals surface area contributed by atoms with Crippen LogP contribution in [0.4, 0.5) is 5.69 Å². The lowest BCUT2D eigenvalue weighted by atomic mass is 10.1. The maximum Gasteiger partial charge on any atom is 0.238 e. The van der Waals surface area contributed by atoms with Gasteiger partial charge >= 0.3 is 0 Å². The van der Waals surface area contributed by atoms with Crippen molar-refractivity contribution in [3.8, 4) is 5.75 Å². The third kappa shape index (κ3) is 5.02. The molecule has 3 aromatic carbocycles. The summed E-state index contributed by atoms with van der Waals surface area (Å²) in [5.74, 6) is 0.846. The van der Waals surface area contributed by atoms with Crippen LogP contribution in [-0.2, 0) is 11.3 Å². The standard InChI is InChI=1S/C22H24N2O2S/c1-24(15-22(25)23-20-6-4-5-7-21(20)27-3)14-16-8-9-18-13-19(26-2)11-10-17(18)12-16/h4-13H,14-15H2,1-3H3,(H,23,25). The smallest absolute Gasteiger partial charge is 0.238 e. The Hall–Kier alpha value is -2.50. The number of hydrogen-bond acceptors (Lipinski definition) is 4. The van der Waals surface area contributed by atoms with Crippen molar-refractivity contribution in [2.75, 3.05) is 32.3 Å². The number of hydrogen-bond donors (Lipinski definition) is 1. The summed E-state index contributed by atoms with van der Waals surface area (Å²) >= 11 is 1.63. The summed E-state index contributed by atoms with van der Waals surface area (Å²) in [6, 6.07) is 20.2. The van der Waals surface area contributed by atoms with Crippen molar-refractivity contribution in [2.24, 2.45) is 0 Å². The molecule has 0 saturated heterocycles. The van der Waals surface area contributed by atoms with Crippen LogP contribution in [0.3, 0.4) is 0 Å². The molecule has 4 nitrogen and oxygen atoms in total. The van der Waals surface area contributed by atoms with Gasteiger partial charge in [0, 0.05) is 11.4 Å². The Bertz CT molecular complexity index is 942. The molecule has 0 atom stereocenters. The number of carbonyl (C=O) groups excluding carboxylic acids is 1. The second-order valence-electron chi connectivity index (χ2n) is 6.47. The quantitative estimate of drug-likeness (QED) is 0.606. The molecule has 3 aromatic rings. The fourth-order valence-corrected chi connectivity index (χ4v) is 3.60. The minimum absolute atomic E-state index is 0.00970. The number of methoxy groups -OCH3 is 1. The summed E-state index contributed by atoms with van der Waals surface area (Å²) in [6.07, 6.45) is 2.01. The van der Waals surface area contributed by atoms with Gasteiger partial charge in [-0.25, -0.2) is 0 Å². The van der Waals surface area contributed by atoms with Crippen LogP contribution in [0.1, 0.15) is 5.56 Å². The Labute approximate surface area is 164 Å². The van der Waals surface area contributed by atoms with E-state index < -0.39 is 0 Å². The van der Waals surface area contributed by atoms with E-state index in [1.165, 1.54) is 10.9 Å². The van der Waals surface area contributed by atoms with Gasteiger partial charge < -0.3 is 10.1 Å². The van der Waals surface area contributed by atoms with E-state index in [1.807, 2.05) is 54.6 Å². The Kier molecular flexibility index (Phi) is 6.37. The Morgan fingerprint density at radius 1 is 1.07 bits per heavy atom. The van der Waals surface area contributed by atoms with E-state index in [2.05, 4.69) is 29.6 Å². The zero-order chi connectivity index (χ0) is 19.2. The van der Waals surface area contributed by atoms with E-state index in [-0.39, 0.29) is 5.91 Å². The van der Waals surface area contributed by atoms with Crippen LogP contribution >= 0.6 is 11.8 Å². The van der Waals surface area contributed by atoms with Crippen molar-refractivity contribution in [1.82, 2.24) is 4.90 Å². The summed E-state index contributed by atoms with van der Waals surface area (Å²) in [5, 5.41) is 5.32. The molecule has 0 heterocycles. The van der Waals surface area contributed by atoms with E-state index in [0.717, 1.165) is 21.7 Å². The van der Waals surface area contributed by atoms with Gasteiger partial charge in [0.05, 0.1) is 19.3 Å². The second-order valence-corrected chi connectivity index (χ2v) is 7.32. The van der Waals surface area contributed by atoms with Crippen LogP contribution < -0.4 is 10.1 Å². The van der Waals surface area contributed by atoms with Gasteiger partial charge in [-0.15, -0.1) is 11.8 Å². The summed E-state index contributed by atoms with van der Waals surface area (Å²) in [6.45, 7) is 1.04. The number of likely N-dealkylation sites (N-methyl/N-ethyl adjacent to an activating group) is 1. The van der Waals surface area contributed by atoms with Crippen molar-refractivity contribution in [1.29, 1.82) is 0 Å². The molecule has 140 valence electrons. The monoisotopic (exact) mass is 380 g/mol. The van der Waals surface area contributed by atoms with E-state index in [0.29, 0.717) is 13.1 Å². The van der Waals surface area contributed by atoms with Gasteiger partial charge in [-0.05, 0) is 60.0 Å². The molecule has 3 rings (SSSR count). The van der Waals surface area contributed by atoms with Gasteiger partial charge in [0.25, 0.3) is 0 Å². The first-order valence-electron chi connectivity index (χ1n) is 8.77. The molecule has 27 heavy (non-hydrogen) atoms. The zero-order valence-electron chi connectivity index (χ0n) is 15.9. The number of nitrogens with one attached hydrogen (secondary N) is 1. The molecule has 0 bridgehead atoms. The summed E-state index contributed by atoms with van der Waals surface area (Å²) in [5.41, 5.74) is 2.04. The molecule has 0 fully saturated rings. The number of carbonyl (C=O) groups is 1. The third-order valence-electron chi connectivity index (χ3n) is 4.36. The van der Waals surface area contributed by atoms with Crippen LogP contribution in [0.25, 0.3) is 10.8 Å². The molecular weight excluding hydrogens is 356 g/mol. The van der Waals surface area contributed by atoms with Gasteiger partial charge in [0.2, 0.25) is 5.91 Å². The summed E-state index contributed by atoms with van der Waals surface area (Å²) in [4.78, 5) is 15.5. The van der Waals surface area contributed by atoms with Crippen molar-refractivity contribution >= 4 is 34.1 Å². The third-order valence-corrected chi connectivity index (χ3v) is 5.15. The molecule has 0 aliphatic rings. The molecule has 0 aliphatic carbocycles. The summed E-state index contributed by atoms with van der Waals surface area (Å²) in [7, 11) is 3.63. The fraction of sp³-hybridized carbons (Fsp3) is 0.227. The molecule has 0 aliphatic heterocycles. The van der Waals surface area contributed by atoms with Gasteiger partial charge in [0.1, 0.15) is 5.75 Å². The van der Waals surface area contributed by atoms with Crippen LogP contribution in [0.5, 0.6) is 5.75 Å². The molecule has 5 heteroatoms. The number of para-hydroxylation sites is 1. The van der Waals surface area contributed by atoms with E-state index in [1.54, 1.807) is 18.9 Å². The lowest BCUT2D eigenvalue weighted by Crippen LogP contribution is -2.30. The first-order chi connectivity index (χ1) is 13.1. The van der Waals surface area contributed by atoms with Gasteiger partial charge in [-0.1, -0.05) is 30.3 Å². The van der Waals surface area contributed by atoms with Crippen molar-refractivity contribution in [3.63, 3.8) is 0 Å². The number of nitrogens with zero attached hydrogens (tertiary/aromatic N) is 1. The first-order valence-corrected chi connectivity index (χ1v) is 9.99. The molecular formula is C22H24N2O2S. The highest BCUT2D eigenvalue weighted by Crippen LogP contribution is 2.25. The average Bonchev–Trinajstić information content (AvgIpc) is 2.67. The van der Waals surface area contributed by atoms with Gasteiger partial charge in [-0.2, -0.15) is 0 Å². The van der Waals surface area contributed by atoms with Crippen molar-refractivity contribution in [2.45, 2.75) is 11.4 Å². The van der Waals surface area contributed by atoms with Crippen LogP contribution in [0.2, 0.25) is 0 Å². The second kappa shape index (κ2) is 8.93. The first kappa shape index (κ1) is 19.3. The highest BCUT2D eigenvalue weighted by Gasteiger charge is 2.10. The maximum atomic E-state index is 12.4. The van der Waals surface area contributed by atoms with Crippen LogP contribution in [-0.4, -0.2) is 37.8 Å². The SMILES string of the molecule is COc1ccc2cc(CN(C)CC(=O)Nc3ccccc3SC)ccc2c1. The average molecular weight is 381 g/mol. The largest absolute Gasteiger partial charge is 0.497 e. The Balaban J connectivity index is 1.62. The molecule has 1 N–H and O–H groups in total. The Morgan fingerprint density at radius 2 is 1.81 bits per heavy atom. The number of thioether (sulfide) groups is 1. The highest BCUT2D eigenvalue weighted by molar-refractivity contribution is 7.98. The Morgan fingerprint density at radius 3 is 2.59 bits per heavy atom. The summed E-state index contributed by atoms with van der Waals surface area (Å²) < 4.78 is 5.27. The molecule has 0 spiro atoms. The minimum Gasteiger partial charge on any atom is -0.497 e. The number of anilines is 1. The molecule has 0 radical (unpaired) electrons. The molecule has 0 saturated carbocycles. The minimum atomic E-state index is -0.00970. The number of amides is 1. The van der Waals surface area contributed by atoms with E-state index in [4.69, 9.17) is 4.74 Å². The molecule has 0 unspecified atom stereocenters. The molecule has 0 aromatic heterocycles. The lowest BCUT2D eigenvalue weighted by molar-refractivity contribution is -0.117. The molecule has 1 amide bonds. The fourth-order valence-electron chi connectivity index (χ4n) is 3.05. The van der Waals surface area contributed by atoms with Gasteiger partial charge in [-0.3, -0.25) is 9.69 Å². The number of ether oxygens (including phenoxy) is 1. The van der Waals surface area contributed by atoms with Gasteiger partial charge in [0.15, 0.2) is 0 Å². The van der Waals surface area contributed by atoms with E-state index >= 15 is 0 Å². The number of rotatable bonds is 7. The predicted molar refractivity (Wildman–Crippen MR) is 114 cm³/mol. The topological polar surface area (TPSA) is 41.6 Å². The van der Waals surface area contributed by atoms with Crippen LogP contribution in [0, 0.1) is 0 Å². The number of fused-ring (bicyclic) bond motifs is 1. The van der Waals surface area contributed by atoms with Crippen molar-refractivity contribution < 1.29 is 9.53 Å². The van der Waals surface area contributed by atoms with Crippen LogP contribution in [0.15, 0.2) is 65.6 Å². The zero-order valence-corrected chi connectivity index (χ0v) is 16.7. The van der Waals surface area contributed by atoms with E-state index in [9.17, 15) is 4.79 Å². The van der Waals surface area contributed by atoms with Crippen molar-refractivity contribution in [3.05, 3.63) is 66.2 Å². The lowest BCUT2D eigenvalue weighted by Gasteiger charge is -2.17. The highest BCUT2D eigenvalue weighted by atomic mass is 32.2. The maximum absolute atomic E-state index is 12.4. The number of benzene rings is 3. The normalized spacial score (nSPS) is 11.0. The predicted octanol–water partition coefficient (Wildman–Crippen LogP) is 4.64.